The third-order valence-electron chi connectivity index (χ3n) is 4.78. The lowest BCUT2D eigenvalue weighted by Crippen LogP contribution is -2.36. The van der Waals surface area contributed by atoms with Crippen LogP contribution in [0.15, 0.2) is 48.5 Å². The van der Waals surface area contributed by atoms with Crippen LogP contribution in [0.2, 0.25) is 5.02 Å². The first kappa shape index (κ1) is 20.5. The van der Waals surface area contributed by atoms with Gasteiger partial charge in [-0.15, -0.1) is 0 Å². The fourth-order valence-corrected chi connectivity index (χ4v) is 3.26. The molecule has 1 fully saturated rings. The number of ether oxygens (including phenoxy) is 2. The molecule has 1 aliphatic rings. The van der Waals surface area contributed by atoms with E-state index in [2.05, 4.69) is 29.2 Å². The molecule has 1 saturated heterocycles. The maximum absolute atomic E-state index is 12.3. The number of hydrogen-bond acceptors (Lipinski definition) is 4. The first-order chi connectivity index (χ1) is 13.6. The molecule has 1 aliphatic heterocycles. The highest BCUT2D eigenvalue weighted by Gasteiger charge is 2.12. The molecule has 0 aromatic heterocycles. The average Bonchev–Trinajstić information content (AvgIpc) is 2.73. The van der Waals surface area contributed by atoms with E-state index in [4.69, 9.17) is 21.1 Å². The number of hydrogen-bond donors (Lipinski definition) is 0. The lowest BCUT2D eigenvalue weighted by atomic mass is 10.1. The molecular weight excluding hydrogens is 376 g/mol. The summed E-state index contributed by atoms with van der Waals surface area (Å²) in [6.07, 6.45) is 1.15. The topological polar surface area (TPSA) is 42.0 Å². The molecular formula is C22H27ClN2O3. The second-order valence-electron chi connectivity index (χ2n) is 6.92. The number of rotatable bonds is 8. The third-order valence-corrected chi connectivity index (χ3v) is 5.03. The summed E-state index contributed by atoms with van der Waals surface area (Å²) in [5, 5.41) is 0.683. The van der Waals surface area contributed by atoms with Crippen LogP contribution in [0.25, 0.3) is 0 Å². The molecule has 1 heterocycles. The van der Waals surface area contributed by atoms with Crippen LogP contribution in [0.3, 0.4) is 0 Å². The van der Waals surface area contributed by atoms with Crippen LogP contribution in [-0.2, 0) is 16.1 Å². The van der Waals surface area contributed by atoms with Crippen molar-refractivity contribution in [1.29, 1.82) is 0 Å². The molecule has 28 heavy (non-hydrogen) atoms. The van der Waals surface area contributed by atoms with Gasteiger partial charge in [-0.1, -0.05) is 23.7 Å². The van der Waals surface area contributed by atoms with Crippen LogP contribution in [-0.4, -0.2) is 50.8 Å². The van der Waals surface area contributed by atoms with E-state index in [-0.39, 0.29) is 5.91 Å². The summed E-state index contributed by atoms with van der Waals surface area (Å²) in [6, 6.07) is 15.7. The second kappa shape index (κ2) is 10.3. The standard InChI is InChI=1S/C22H27ClN2O3/c1-24(22(26)3-2-14-28-21-10-6-19(23)7-11-21)17-18-4-8-20(9-5-18)25-12-15-27-16-13-25/h4-11H,2-3,12-17H2,1H3. The number of morpholine rings is 1. The van der Waals surface area contributed by atoms with Crippen LogP contribution in [0.5, 0.6) is 5.75 Å². The van der Waals surface area contributed by atoms with Crippen LogP contribution < -0.4 is 9.64 Å². The Morgan fingerprint density at radius 1 is 1.11 bits per heavy atom. The maximum atomic E-state index is 12.3. The van der Waals surface area contributed by atoms with Gasteiger partial charge < -0.3 is 19.3 Å². The third kappa shape index (κ3) is 6.14. The van der Waals surface area contributed by atoms with Crippen LogP contribution in [0, 0.1) is 0 Å². The number of anilines is 1. The molecule has 0 unspecified atom stereocenters. The number of halogens is 1. The maximum Gasteiger partial charge on any atom is 0.222 e. The monoisotopic (exact) mass is 402 g/mol. The van der Waals surface area contributed by atoms with Gasteiger partial charge in [-0.25, -0.2) is 0 Å². The Morgan fingerprint density at radius 2 is 1.79 bits per heavy atom. The fraction of sp³-hybridized carbons (Fsp3) is 0.409. The van der Waals surface area contributed by atoms with E-state index < -0.39 is 0 Å². The quantitative estimate of drug-likeness (QED) is 0.626. The minimum Gasteiger partial charge on any atom is -0.494 e. The van der Waals surface area contributed by atoms with Crippen molar-refractivity contribution in [2.45, 2.75) is 19.4 Å². The van der Waals surface area contributed by atoms with E-state index in [9.17, 15) is 4.79 Å². The lowest BCUT2D eigenvalue weighted by Gasteiger charge is -2.29. The van der Waals surface area contributed by atoms with Gasteiger partial charge in [0.1, 0.15) is 5.75 Å². The Balaban J connectivity index is 1.39. The molecule has 150 valence electrons. The van der Waals surface area contributed by atoms with Crippen molar-refractivity contribution in [2.75, 3.05) is 44.9 Å². The molecule has 5 nitrogen and oxygen atoms in total. The summed E-state index contributed by atoms with van der Waals surface area (Å²) in [6.45, 7) is 4.53. The highest BCUT2D eigenvalue weighted by molar-refractivity contribution is 6.30. The first-order valence-corrected chi connectivity index (χ1v) is 10.0. The summed E-state index contributed by atoms with van der Waals surface area (Å²) in [7, 11) is 1.85. The molecule has 1 amide bonds. The highest BCUT2D eigenvalue weighted by Crippen LogP contribution is 2.18. The molecule has 6 heteroatoms. The Kier molecular flexibility index (Phi) is 7.57. The molecule has 0 spiro atoms. The van der Waals surface area contributed by atoms with Gasteiger partial charge in [-0.2, -0.15) is 0 Å². The Labute approximate surface area is 171 Å². The zero-order valence-electron chi connectivity index (χ0n) is 16.3. The molecule has 0 radical (unpaired) electrons. The van der Waals surface area contributed by atoms with Gasteiger partial charge in [0, 0.05) is 43.8 Å². The van der Waals surface area contributed by atoms with Gasteiger partial charge in [0.15, 0.2) is 0 Å². The summed E-state index contributed by atoms with van der Waals surface area (Å²) >= 11 is 5.85. The van der Waals surface area contributed by atoms with E-state index in [1.54, 1.807) is 17.0 Å². The molecule has 0 saturated carbocycles. The van der Waals surface area contributed by atoms with Crippen molar-refractivity contribution >= 4 is 23.2 Å². The summed E-state index contributed by atoms with van der Waals surface area (Å²) < 4.78 is 11.0. The summed E-state index contributed by atoms with van der Waals surface area (Å²) in [4.78, 5) is 16.4. The van der Waals surface area contributed by atoms with E-state index in [1.807, 2.05) is 19.2 Å². The van der Waals surface area contributed by atoms with Gasteiger partial charge in [0.25, 0.3) is 0 Å². The van der Waals surface area contributed by atoms with Gasteiger partial charge >= 0.3 is 0 Å². The number of nitrogens with zero attached hydrogens (tertiary/aromatic N) is 2. The molecule has 0 aliphatic carbocycles. The van der Waals surface area contributed by atoms with Gasteiger partial charge in [0.2, 0.25) is 5.91 Å². The number of amides is 1. The SMILES string of the molecule is CN(Cc1ccc(N2CCOCC2)cc1)C(=O)CCCOc1ccc(Cl)cc1. The second-order valence-corrected chi connectivity index (χ2v) is 7.36. The first-order valence-electron chi connectivity index (χ1n) is 9.66. The zero-order chi connectivity index (χ0) is 19.8. The van der Waals surface area contributed by atoms with Crippen LogP contribution in [0.4, 0.5) is 5.69 Å². The van der Waals surface area contributed by atoms with Crippen LogP contribution >= 0.6 is 11.6 Å². The molecule has 0 bridgehead atoms. The fourth-order valence-electron chi connectivity index (χ4n) is 3.13. The summed E-state index contributed by atoms with van der Waals surface area (Å²) in [5.74, 6) is 0.891. The Hall–Kier alpha value is -2.24. The predicted octanol–water partition coefficient (Wildman–Crippen LogP) is 3.99. The molecule has 3 rings (SSSR count). The zero-order valence-corrected chi connectivity index (χ0v) is 17.0. The predicted molar refractivity (Wildman–Crippen MR) is 112 cm³/mol. The highest BCUT2D eigenvalue weighted by atomic mass is 35.5. The van der Waals surface area contributed by atoms with E-state index in [0.717, 1.165) is 37.6 Å². The molecule has 2 aromatic carbocycles. The number of carbonyl (C=O) groups is 1. The van der Waals surface area contributed by atoms with Gasteiger partial charge in [-0.3, -0.25) is 4.79 Å². The summed E-state index contributed by atoms with van der Waals surface area (Å²) in [5.41, 5.74) is 2.34. The van der Waals surface area contributed by atoms with E-state index in [1.165, 1.54) is 5.69 Å². The average molecular weight is 403 g/mol. The van der Waals surface area contributed by atoms with Crippen molar-refractivity contribution in [1.82, 2.24) is 4.90 Å². The number of carbonyl (C=O) groups excluding carboxylic acids is 1. The molecule has 0 atom stereocenters. The van der Waals surface area contributed by atoms with E-state index in [0.29, 0.717) is 31.0 Å². The minimum absolute atomic E-state index is 0.122. The van der Waals surface area contributed by atoms with Crippen LogP contribution in [0.1, 0.15) is 18.4 Å². The molecule has 0 N–H and O–H groups in total. The van der Waals surface area contributed by atoms with E-state index >= 15 is 0 Å². The normalized spacial score (nSPS) is 14.0. The smallest absolute Gasteiger partial charge is 0.222 e. The van der Waals surface area contributed by atoms with Gasteiger partial charge in [-0.05, 0) is 48.4 Å². The van der Waals surface area contributed by atoms with Crippen molar-refractivity contribution in [3.05, 3.63) is 59.1 Å². The largest absolute Gasteiger partial charge is 0.494 e. The Morgan fingerprint density at radius 3 is 2.46 bits per heavy atom. The minimum atomic E-state index is 0.122. The number of benzene rings is 2. The van der Waals surface area contributed by atoms with Crippen molar-refractivity contribution in [3.8, 4) is 5.75 Å². The van der Waals surface area contributed by atoms with Gasteiger partial charge in [0.05, 0.1) is 19.8 Å². The van der Waals surface area contributed by atoms with Crippen molar-refractivity contribution < 1.29 is 14.3 Å². The van der Waals surface area contributed by atoms with Crippen molar-refractivity contribution in [3.63, 3.8) is 0 Å². The van der Waals surface area contributed by atoms with Crippen molar-refractivity contribution in [2.24, 2.45) is 0 Å². The lowest BCUT2D eigenvalue weighted by molar-refractivity contribution is -0.130. The Bertz CT molecular complexity index is 743. The molecule has 2 aromatic rings.